The van der Waals surface area contributed by atoms with Crippen molar-refractivity contribution in [3.63, 3.8) is 0 Å². The zero-order valence-corrected chi connectivity index (χ0v) is 29.6. The van der Waals surface area contributed by atoms with Crippen molar-refractivity contribution in [1.82, 2.24) is 5.32 Å². The van der Waals surface area contributed by atoms with Crippen LogP contribution in [0.5, 0.6) is 0 Å². The summed E-state index contributed by atoms with van der Waals surface area (Å²) in [5.74, 6) is -0.0875. The highest BCUT2D eigenvalue weighted by molar-refractivity contribution is 5.76. The van der Waals surface area contributed by atoms with E-state index < -0.39 is 12.1 Å². The molecule has 0 rings (SSSR count). The van der Waals surface area contributed by atoms with Crippen LogP contribution < -0.4 is 5.32 Å². The highest BCUT2D eigenvalue weighted by atomic mass is 16.3. The molecule has 260 valence electrons. The van der Waals surface area contributed by atoms with Gasteiger partial charge in [-0.05, 0) is 64.2 Å². The Bertz CT molecular complexity index is 767. The van der Waals surface area contributed by atoms with Gasteiger partial charge in [0.05, 0.1) is 18.8 Å². The second-order valence-corrected chi connectivity index (χ2v) is 12.6. The molecule has 3 N–H and O–H groups in total. The summed E-state index contributed by atoms with van der Waals surface area (Å²) in [4.78, 5) is 12.3. The van der Waals surface area contributed by atoms with Crippen LogP contribution in [0.4, 0.5) is 0 Å². The van der Waals surface area contributed by atoms with Crippen LogP contribution in [0.15, 0.2) is 60.8 Å². The molecule has 0 aromatic rings. The van der Waals surface area contributed by atoms with Crippen LogP contribution in [0, 0.1) is 0 Å². The minimum Gasteiger partial charge on any atom is -0.394 e. The number of amides is 1. The number of unbranched alkanes of at least 4 members (excludes halogenated alkanes) is 18. The van der Waals surface area contributed by atoms with Crippen LogP contribution in [0.1, 0.15) is 174 Å². The molecule has 0 spiro atoms. The zero-order chi connectivity index (χ0) is 32.9. The SMILES string of the molecule is CC/C=C\C/C=C\C/C=C\CCCCCCCCCC(=O)NC(CO)C(O)/C=C/CC/C=C/CCCCCCCCCCCC. The number of nitrogens with one attached hydrogen (secondary N) is 1. The lowest BCUT2D eigenvalue weighted by Crippen LogP contribution is -2.45. The molecular weight excluding hydrogens is 554 g/mol. The van der Waals surface area contributed by atoms with E-state index in [0.717, 1.165) is 64.2 Å². The van der Waals surface area contributed by atoms with Crippen LogP contribution >= 0.6 is 0 Å². The quantitative estimate of drug-likeness (QED) is 0.0501. The lowest BCUT2D eigenvalue weighted by molar-refractivity contribution is -0.123. The predicted molar refractivity (Wildman–Crippen MR) is 197 cm³/mol. The van der Waals surface area contributed by atoms with Gasteiger partial charge in [0.1, 0.15) is 0 Å². The number of aliphatic hydroxyl groups is 2. The summed E-state index contributed by atoms with van der Waals surface area (Å²) in [6, 6.07) is -0.645. The monoisotopic (exact) mass is 628 g/mol. The maximum absolute atomic E-state index is 12.3. The van der Waals surface area contributed by atoms with Gasteiger partial charge in [-0.2, -0.15) is 0 Å². The predicted octanol–water partition coefficient (Wildman–Crippen LogP) is 11.4. The number of rotatable bonds is 33. The number of hydrogen-bond acceptors (Lipinski definition) is 3. The van der Waals surface area contributed by atoms with Crippen molar-refractivity contribution in [2.45, 2.75) is 187 Å². The van der Waals surface area contributed by atoms with Gasteiger partial charge in [0, 0.05) is 6.42 Å². The molecular formula is C41H73NO3. The molecule has 4 heteroatoms. The van der Waals surface area contributed by atoms with E-state index in [1.807, 2.05) is 6.08 Å². The Kier molecular flexibility index (Phi) is 35.0. The fraction of sp³-hybridized carbons (Fsp3) is 0.732. The zero-order valence-electron chi connectivity index (χ0n) is 29.6. The van der Waals surface area contributed by atoms with E-state index in [1.165, 1.54) is 89.9 Å². The Balaban J connectivity index is 3.70. The van der Waals surface area contributed by atoms with Crippen LogP contribution in [-0.4, -0.2) is 34.9 Å². The summed E-state index contributed by atoms with van der Waals surface area (Å²) in [5, 5.41) is 22.9. The summed E-state index contributed by atoms with van der Waals surface area (Å²) in [6.07, 6.45) is 50.2. The molecule has 1 amide bonds. The summed E-state index contributed by atoms with van der Waals surface area (Å²) in [5.41, 5.74) is 0. The molecule has 0 heterocycles. The number of carbonyl (C=O) groups is 1. The first-order valence-corrected chi connectivity index (χ1v) is 19.0. The summed E-state index contributed by atoms with van der Waals surface area (Å²) >= 11 is 0. The molecule has 0 aliphatic carbocycles. The van der Waals surface area contributed by atoms with E-state index >= 15 is 0 Å². The molecule has 2 atom stereocenters. The van der Waals surface area contributed by atoms with Crippen molar-refractivity contribution >= 4 is 5.91 Å². The van der Waals surface area contributed by atoms with Gasteiger partial charge in [0.2, 0.25) is 5.91 Å². The van der Waals surface area contributed by atoms with Crippen molar-refractivity contribution in [3.8, 4) is 0 Å². The van der Waals surface area contributed by atoms with Crippen molar-refractivity contribution in [2.75, 3.05) is 6.61 Å². The van der Waals surface area contributed by atoms with Gasteiger partial charge < -0.3 is 15.5 Å². The first-order valence-electron chi connectivity index (χ1n) is 19.0. The van der Waals surface area contributed by atoms with E-state index in [9.17, 15) is 15.0 Å². The Hall–Kier alpha value is -1.91. The van der Waals surface area contributed by atoms with E-state index in [0.29, 0.717) is 6.42 Å². The average molecular weight is 628 g/mol. The van der Waals surface area contributed by atoms with Gasteiger partial charge in [0.15, 0.2) is 0 Å². The number of carbonyl (C=O) groups excluding carboxylic acids is 1. The molecule has 0 aliphatic heterocycles. The Morgan fingerprint density at radius 2 is 1.00 bits per heavy atom. The lowest BCUT2D eigenvalue weighted by Gasteiger charge is -2.19. The maximum Gasteiger partial charge on any atom is 0.220 e. The number of allylic oxidation sites excluding steroid dienone is 9. The van der Waals surface area contributed by atoms with Gasteiger partial charge in [-0.25, -0.2) is 0 Å². The normalized spacial score (nSPS) is 13.8. The molecule has 0 bridgehead atoms. The van der Waals surface area contributed by atoms with Crippen molar-refractivity contribution < 1.29 is 15.0 Å². The van der Waals surface area contributed by atoms with E-state index in [-0.39, 0.29) is 12.5 Å². The second kappa shape index (κ2) is 36.6. The van der Waals surface area contributed by atoms with E-state index in [1.54, 1.807) is 6.08 Å². The first kappa shape index (κ1) is 43.1. The largest absolute Gasteiger partial charge is 0.394 e. The molecule has 0 aromatic carbocycles. The van der Waals surface area contributed by atoms with Crippen LogP contribution in [0.3, 0.4) is 0 Å². The van der Waals surface area contributed by atoms with Gasteiger partial charge in [-0.15, -0.1) is 0 Å². The van der Waals surface area contributed by atoms with Gasteiger partial charge >= 0.3 is 0 Å². The molecule has 2 unspecified atom stereocenters. The topological polar surface area (TPSA) is 69.6 Å². The highest BCUT2D eigenvalue weighted by Gasteiger charge is 2.17. The van der Waals surface area contributed by atoms with E-state index in [2.05, 4.69) is 67.8 Å². The lowest BCUT2D eigenvalue weighted by atomic mass is 10.1. The Labute approximate surface area is 279 Å². The third kappa shape index (κ3) is 33.3. The Morgan fingerprint density at radius 3 is 1.56 bits per heavy atom. The van der Waals surface area contributed by atoms with E-state index in [4.69, 9.17) is 0 Å². The van der Waals surface area contributed by atoms with Crippen molar-refractivity contribution in [1.29, 1.82) is 0 Å². The number of aliphatic hydroxyl groups excluding tert-OH is 2. The molecule has 0 aliphatic rings. The van der Waals surface area contributed by atoms with Crippen LogP contribution in [0.25, 0.3) is 0 Å². The average Bonchev–Trinajstić information content (AvgIpc) is 3.04. The highest BCUT2D eigenvalue weighted by Crippen LogP contribution is 2.12. The summed E-state index contributed by atoms with van der Waals surface area (Å²) < 4.78 is 0. The summed E-state index contributed by atoms with van der Waals surface area (Å²) in [7, 11) is 0. The van der Waals surface area contributed by atoms with Gasteiger partial charge in [-0.1, -0.05) is 164 Å². The Morgan fingerprint density at radius 1 is 0.556 bits per heavy atom. The molecule has 45 heavy (non-hydrogen) atoms. The summed E-state index contributed by atoms with van der Waals surface area (Å²) in [6.45, 7) is 4.16. The molecule has 0 aromatic heterocycles. The van der Waals surface area contributed by atoms with Gasteiger partial charge in [-0.3, -0.25) is 4.79 Å². The third-order valence-electron chi connectivity index (χ3n) is 8.23. The maximum atomic E-state index is 12.3. The molecule has 4 nitrogen and oxygen atoms in total. The fourth-order valence-electron chi connectivity index (χ4n) is 5.32. The molecule has 0 fully saturated rings. The minimum absolute atomic E-state index is 0.0875. The number of hydrogen-bond donors (Lipinski definition) is 3. The molecule has 0 radical (unpaired) electrons. The van der Waals surface area contributed by atoms with Crippen molar-refractivity contribution in [2.24, 2.45) is 0 Å². The fourth-order valence-corrected chi connectivity index (χ4v) is 5.32. The smallest absolute Gasteiger partial charge is 0.220 e. The standard InChI is InChI=1S/C41H73NO3/c1-3-5-7-9-11-13-15-17-19-21-23-25-27-29-31-33-35-37-41(45)42-39(38-43)40(44)36-34-32-30-28-26-24-22-20-18-16-14-12-10-8-6-4-2/h5,7,11,13,17,19,26,28,34,36,39-40,43-44H,3-4,6,8-10,12,14-16,18,20-25,27,29-33,35,37-38H2,1-2H3,(H,42,45)/b7-5-,13-11-,19-17-,28-26+,36-34+. The van der Waals surface area contributed by atoms with Crippen molar-refractivity contribution in [3.05, 3.63) is 60.8 Å². The third-order valence-corrected chi connectivity index (χ3v) is 8.23. The van der Waals surface area contributed by atoms with Gasteiger partial charge in [0.25, 0.3) is 0 Å². The first-order chi connectivity index (χ1) is 22.2. The minimum atomic E-state index is -0.867. The molecule has 0 saturated carbocycles. The molecule has 0 saturated heterocycles. The van der Waals surface area contributed by atoms with Crippen LogP contribution in [0.2, 0.25) is 0 Å². The second-order valence-electron chi connectivity index (χ2n) is 12.6. The van der Waals surface area contributed by atoms with Crippen LogP contribution in [-0.2, 0) is 4.79 Å².